The van der Waals surface area contributed by atoms with Crippen molar-refractivity contribution in [3.63, 3.8) is 0 Å². The summed E-state index contributed by atoms with van der Waals surface area (Å²) in [5.41, 5.74) is 16.0. The molecule has 2 aliphatic carbocycles. The topological polar surface area (TPSA) is 26.3 Å². The van der Waals surface area contributed by atoms with Crippen molar-refractivity contribution in [3.05, 3.63) is 166 Å². The van der Waals surface area contributed by atoms with Gasteiger partial charge in [0.1, 0.15) is 23.0 Å². The van der Waals surface area contributed by atoms with Gasteiger partial charge in [0.15, 0.2) is 0 Å². The van der Waals surface area contributed by atoms with Crippen molar-refractivity contribution in [2.24, 2.45) is 0 Å². The zero-order valence-electron chi connectivity index (χ0n) is 31.8. The third kappa shape index (κ3) is 8.10. The van der Waals surface area contributed by atoms with Gasteiger partial charge in [0.25, 0.3) is 0 Å². The molecule has 2 unspecified atom stereocenters. The molecule has 0 fully saturated rings. The maximum absolute atomic E-state index is 6.31. The van der Waals surface area contributed by atoms with E-state index in [0.717, 1.165) is 44.6 Å². The molecular weight excluding hydrogens is 799 g/mol. The maximum atomic E-state index is 6.31. The summed E-state index contributed by atoms with van der Waals surface area (Å²) in [5.74, 6) is 5.48. The Kier molecular flexibility index (Phi) is 12.4. The number of hydrogen-bond acceptors (Lipinski definition) is 2. The summed E-state index contributed by atoms with van der Waals surface area (Å²) in [6.45, 7) is 13.1. The monoisotopic (exact) mass is 842 g/mol. The van der Waals surface area contributed by atoms with E-state index in [0.29, 0.717) is 11.8 Å². The number of fused-ring (bicyclic) bond motifs is 2. The molecule has 6 heteroatoms. The fourth-order valence-corrected chi connectivity index (χ4v) is 9.64. The Morgan fingerprint density at radius 3 is 1.28 bits per heavy atom. The molecule has 8 rings (SSSR count). The Morgan fingerprint density at radius 2 is 0.944 bits per heavy atom. The SMILES string of the molecule is Cc1ccc(C2=Cc3c(-c4ccc(C(C)C)cc4)cccc3C2C[Si]CC2C(c3ccc(C)o3)=Cc3c(-c4ccc(C(C)C)cc4)cccc32)o1.[Cl][Zr][Cl]. The average molecular weight is 845 g/mol. The number of hydrogen-bond donors (Lipinski definition) is 0. The summed E-state index contributed by atoms with van der Waals surface area (Å²) < 4.78 is 12.6. The van der Waals surface area contributed by atoms with Crippen molar-refractivity contribution < 1.29 is 29.7 Å². The summed E-state index contributed by atoms with van der Waals surface area (Å²) in [6, 6.07) is 42.7. The Morgan fingerprint density at radius 1 is 0.556 bits per heavy atom. The predicted molar refractivity (Wildman–Crippen MR) is 227 cm³/mol. The number of rotatable bonds is 10. The quantitative estimate of drug-likeness (QED) is 0.128. The van der Waals surface area contributed by atoms with Gasteiger partial charge in [-0.2, -0.15) is 0 Å². The molecule has 2 aliphatic rings. The van der Waals surface area contributed by atoms with E-state index in [2.05, 4.69) is 149 Å². The summed E-state index contributed by atoms with van der Waals surface area (Å²) in [7, 11) is 10.6. The molecule has 0 saturated carbocycles. The molecule has 2 heterocycles. The van der Waals surface area contributed by atoms with Crippen LogP contribution in [0.4, 0.5) is 0 Å². The van der Waals surface area contributed by atoms with Crippen molar-refractivity contribution in [3.8, 4) is 22.3 Å². The van der Waals surface area contributed by atoms with Crippen LogP contribution in [0.15, 0.2) is 118 Å². The van der Waals surface area contributed by atoms with Gasteiger partial charge in [-0.1, -0.05) is 113 Å². The number of benzene rings is 4. The van der Waals surface area contributed by atoms with E-state index < -0.39 is 20.8 Å². The second-order valence-corrected chi connectivity index (χ2v) is 20.1. The molecule has 0 spiro atoms. The Labute approximate surface area is 342 Å². The van der Waals surface area contributed by atoms with E-state index in [1.54, 1.807) is 0 Å². The fraction of sp³-hybridized carbons (Fsp3) is 0.250. The van der Waals surface area contributed by atoms with Gasteiger partial charge in [-0.05, 0) is 130 Å². The van der Waals surface area contributed by atoms with Gasteiger partial charge in [0, 0.05) is 32.5 Å². The molecule has 4 aromatic carbocycles. The standard InChI is InChI=1S/C48H46O2Si.2ClH.Zr/c1-29(2)33-15-19-35(20-16-33)37-9-7-11-39-41(37)25-43(47-23-13-31(5)49-47)45(39)27-51-28-46-40-12-8-10-38(36-21-17-34(18-22-36)30(3)4)42(40)26-44(46)48-24-14-32(6)50-48;;;/h7-26,29-30,45-46H,27-28H2,1-6H3;2*1H;/q;;;+2/p-2. The van der Waals surface area contributed by atoms with Crippen LogP contribution >= 0.6 is 17.0 Å². The molecule has 0 N–H and O–H groups in total. The first-order valence-electron chi connectivity index (χ1n) is 18.9. The molecule has 6 aromatic rings. The van der Waals surface area contributed by atoms with Crippen LogP contribution in [0.5, 0.6) is 0 Å². The Bertz CT molecular complexity index is 2130. The average Bonchev–Trinajstić information content (AvgIpc) is 3.97. The van der Waals surface area contributed by atoms with Gasteiger partial charge >= 0.3 is 37.9 Å². The zero-order chi connectivity index (χ0) is 37.9. The van der Waals surface area contributed by atoms with Gasteiger partial charge in [-0.25, -0.2) is 0 Å². The van der Waals surface area contributed by atoms with E-state index in [-0.39, 0.29) is 11.8 Å². The molecule has 0 aliphatic heterocycles. The fourth-order valence-electron chi connectivity index (χ4n) is 8.02. The van der Waals surface area contributed by atoms with Gasteiger partial charge in [-0.15, -0.1) is 0 Å². The second kappa shape index (κ2) is 17.2. The van der Waals surface area contributed by atoms with Gasteiger partial charge < -0.3 is 8.83 Å². The number of allylic oxidation sites excluding steroid dienone is 2. The van der Waals surface area contributed by atoms with E-state index in [1.807, 2.05) is 13.8 Å². The normalized spacial score (nSPS) is 15.8. The molecule has 54 heavy (non-hydrogen) atoms. The summed E-state index contributed by atoms with van der Waals surface area (Å²) in [4.78, 5) is 0. The van der Waals surface area contributed by atoms with Crippen LogP contribution in [0.3, 0.4) is 0 Å². The van der Waals surface area contributed by atoms with Crippen molar-refractivity contribution in [2.75, 3.05) is 0 Å². The number of aryl methyl sites for hydroxylation is 2. The molecule has 0 saturated heterocycles. The number of furan rings is 2. The van der Waals surface area contributed by atoms with Crippen LogP contribution in [0.25, 0.3) is 45.6 Å². The third-order valence-electron chi connectivity index (χ3n) is 10.9. The Balaban J connectivity index is 0.00000145. The molecule has 0 bridgehead atoms. The van der Waals surface area contributed by atoms with Crippen LogP contribution < -0.4 is 0 Å². The Hall–Kier alpha value is -3.40. The molecule has 0 amide bonds. The van der Waals surface area contributed by atoms with E-state index in [9.17, 15) is 0 Å². The van der Waals surface area contributed by atoms with Gasteiger partial charge in [0.2, 0.25) is 0 Å². The summed E-state index contributed by atoms with van der Waals surface area (Å²) in [6.07, 6.45) is 4.82. The van der Waals surface area contributed by atoms with E-state index in [1.165, 1.54) is 66.8 Å². The molecule has 2 radical (unpaired) electrons. The van der Waals surface area contributed by atoms with Crippen molar-refractivity contribution in [1.29, 1.82) is 0 Å². The zero-order valence-corrected chi connectivity index (χ0v) is 36.8. The molecule has 272 valence electrons. The summed E-state index contributed by atoms with van der Waals surface area (Å²) >= 11 is -0.826. The molecule has 2 nitrogen and oxygen atoms in total. The molecular formula is C48H46Cl2O2SiZr. The van der Waals surface area contributed by atoms with Crippen LogP contribution in [0.1, 0.15) is 108 Å². The van der Waals surface area contributed by atoms with Gasteiger partial charge in [-0.3, -0.25) is 0 Å². The third-order valence-corrected chi connectivity index (χ3v) is 12.3. The van der Waals surface area contributed by atoms with E-state index in [4.69, 9.17) is 25.9 Å². The van der Waals surface area contributed by atoms with Crippen molar-refractivity contribution in [2.45, 2.75) is 77.3 Å². The molecule has 2 aromatic heterocycles. The minimum absolute atomic E-state index is 0.281. The minimum atomic E-state index is -0.826. The first-order valence-corrected chi connectivity index (χ1v) is 26.6. The van der Waals surface area contributed by atoms with E-state index >= 15 is 0 Å². The van der Waals surface area contributed by atoms with Gasteiger partial charge in [0.05, 0.1) is 0 Å². The van der Waals surface area contributed by atoms with Crippen LogP contribution in [-0.4, -0.2) is 9.52 Å². The van der Waals surface area contributed by atoms with Crippen LogP contribution in [-0.2, 0) is 20.8 Å². The molecule has 2 atom stereocenters. The summed E-state index contributed by atoms with van der Waals surface area (Å²) in [5, 5.41) is 0. The first-order chi connectivity index (χ1) is 26.2. The van der Waals surface area contributed by atoms with Crippen LogP contribution in [0.2, 0.25) is 12.1 Å². The first kappa shape index (κ1) is 38.9. The number of halogens is 2. The van der Waals surface area contributed by atoms with Crippen molar-refractivity contribution >= 4 is 49.8 Å². The van der Waals surface area contributed by atoms with Crippen LogP contribution in [0, 0.1) is 13.8 Å². The van der Waals surface area contributed by atoms with Crippen molar-refractivity contribution in [1.82, 2.24) is 0 Å². The second-order valence-electron chi connectivity index (χ2n) is 15.0. The predicted octanol–water partition coefficient (Wildman–Crippen LogP) is 15.0.